The Morgan fingerprint density at radius 3 is 2.71 bits per heavy atom. The number of rotatable bonds is 6. The van der Waals surface area contributed by atoms with Crippen molar-refractivity contribution in [3.63, 3.8) is 0 Å². The number of benzene rings is 2. The van der Waals surface area contributed by atoms with Crippen LogP contribution in [-0.4, -0.2) is 19.6 Å². The van der Waals surface area contributed by atoms with E-state index in [1.807, 2.05) is 61.5 Å². The number of amides is 1. The van der Waals surface area contributed by atoms with Gasteiger partial charge in [0, 0.05) is 5.39 Å². The second-order valence-electron chi connectivity index (χ2n) is 5.53. The molecule has 0 aliphatic rings. The van der Waals surface area contributed by atoms with Gasteiger partial charge in [-0.05, 0) is 31.2 Å². The van der Waals surface area contributed by atoms with E-state index in [-0.39, 0.29) is 18.5 Å². The Labute approximate surface area is 140 Å². The number of methoxy groups -OCH3 is 1. The third-order valence-corrected chi connectivity index (χ3v) is 3.80. The highest BCUT2D eigenvalue weighted by Crippen LogP contribution is 2.24. The van der Waals surface area contributed by atoms with E-state index in [4.69, 9.17) is 9.15 Å². The lowest BCUT2D eigenvalue weighted by atomic mass is 10.2. The smallest absolute Gasteiger partial charge is 0.239 e. The van der Waals surface area contributed by atoms with E-state index in [0.29, 0.717) is 5.75 Å². The van der Waals surface area contributed by atoms with Crippen LogP contribution in [0.15, 0.2) is 59.0 Å². The van der Waals surface area contributed by atoms with Crippen molar-refractivity contribution in [2.75, 3.05) is 19.0 Å². The Kier molecular flexibility index (Phi) is 4.70. The average Bonchev–Trinajstić information content (AvgIpc) is 3.04. The van der Waals surface area contributed by atoms with Gasteiger partial charge in [-0.3, -0.25) is 4.79 Å². The SMILES string of the molecule is COc1ccccc1NCC(=O)N[C@@H](C)c1cc2ccccc2o1. The minimum atomic E-state index is -0.204. The molecule has 0 bridgehead atoms. The maximum Gasteiger partial charge on any atom is 0.239 e. The van der Waals surface area contributed by atoms with Crippen LogP contribution >= 0.6 is 0 Å². The molecule has 1 heterocycles. The molecule has 0 saturated heterocycles. The Morgan fingerprint density at radius 1 is 1.17 bits per heavy atom. The normalized spacial score (nSPS) is 11.9. The zero-order chi connectivity index (χ0) is 16.9. The first-order chi connectivity index (χ1) is 11.7. The molecule has 5 heteroatoms. The summed E-state index contributed by atoms with van der Waals surface area (Å²) >= 11 is 0. The second kappa shape index (κ2) is 7.08. The number of para-hydroxylation sites is 3. The van der Waals surface area contributed by atoms with E-state index >= 15 is 0 Å². The predicted molar refractivity (Wildman–Crippen MR) is 94.3 cm³/mol. The molecule has 1 atom stereocenters. The van der Waals surface area contributed by atoms with Crippen molar-refractivity contribution in [3.8, 4) is 5.75 Å². The standard InChI is InChI=1S/C19H20N2O3/c1-13(18-11-14-7-3-5-9-16(14)24-18)21-19(22)12-20-15-8-4-6-10-17(15)23-2/h3-11,13,20H,12H2,1-2H3,(H,21,22)/t13-/m0/s1. The molecule has 0 aliphatic heterocycles. The molecule has 0 fully saturated rings. The first-order valence-electron chi connectivity index (χ1n) is 7.82. The number of furan rings is 1. The molecule has 0 spiro atoms. The van der Waals surface area contributed by atoms with Crippen LogP contribution in [0.2, 0.25) is 0 Å². The van der Waals surface area contributed by atoms with Crippen LogP contribution in [0.5, 0.6) is 5.75 Å². The molecule has 2 aromatic carbocycles. The monoisotopic (exact) mass is 324 g/mol. The minimum Gasteiger partial charge on any atom is -0.495 e. The predicted octanol–water partition coefficient (Wildman–Crippen LogP) is 3.73. The number of fused-ring (bicyclic) bond motifs is 1. The first-order valence-corrected chi connectivity index (χ1v) is 7.82. The topological polar surface area (TPSA) is 63.5 Å². The first kappa shape index (κ1) is 15.9. The van der Waals surface area contributed by atoms with Gasteiger partial charge < -0.3 is 19.8 Å². The zero-order valence-electron chi connectivity index (χ0n) is 13.7. The quantitative estimate of drug-likeness (QED) is 0.725. The van der Waals surface area contributed by atoms with E-state index in [1.54, 1.807) is 7.11 Å². The lowest BCUT2D eigenvalue weighted by Crippen LogP contribution is -2.31. The minimum absolute atomic E-state index is 0.117. The van der Waals surface area contributed by atoms with Crippen LogP contribution in [0.25, 0.3) is 11.0 Å². The number of nitrogens with one attached hydrogen (secondary N) is 2. The lowest BCUT2D eigenvalue weighted by Gasteiger charge is -2.13. The van der Waals surface area contributed by atoms with Gasteiger partial charge in [0.2, 0.25) is 5.91 Å². The zero-order valence-corrected chi connectivity index (χ0v) is 13.7. The summed E-state index contributed by atoms with van der Waals surface area (Å²) in [5.41, 5.74) is 1.60. The fourth-order valence-electron chi connectivity index (χ4n) is 2.55. The summed E-state index contributed by atoms with van der Waals surface area (Å²) in [5.74, 6) is 1.33. The van der Waals surface area contributed by atoms with E-state index in [1.165, 1.54) is 0 Å². The van der Waals surface area contributed by atoms with Crippen molar-refractivity contribution >= 4 is 22.6 Å². The highest BCUT2D eigenvalue weighted by molar-refractivity contribution is 5.82. The average molecular weight is 324 g/mol. The third kappa shape index (κ3) is 3.51. The van der Waals surface area contributed by atoms with E-state index < -0.39 is 0 Å². The van der Waals surface area contributed by atoms with Gasteiger partial charge in [-0.1, -0.05) is 30.3 Å². The maximum absolute atomic E-state index is 12.2. The van der Waals surface area contributed by atoms with Crippen molar-refractivity contribution < 1.29 is 13.9 Å². The number of anilines is 1. The van der Waals surface area contributed by atoms with E-state index in [0.717, 1.165) is 22.4 Å². The molecular formula is C19H20N2O3. The van der Waals surface area contributed by atoms with Gasteiger partial charge >= 0.3 is 0 Å². The molecule has 3 rings (SSSR count). The lowest BCUT2D eigenvalue weighted by molar-refractivity contribution is -0.120. The summed E-state index contributed by atoms with van der Waals surface area (Å²) in [6, 6.07) is 17.0. The van der Waals surface area contributed by atoms with Gasteiger partial charge in [0.15, 0.2) is 0 Å². The second-order valence-corrected chi connectivity index (χ2v) is 5.53. The molecule has 1 aromatic heterocycles. The summed E-state index contributed by atoms with van der Waals surface area (Å²) in [6.45, 7) is 2.06. The van der Waals surface area contributed by atoms with Crippen molar-refractivity contribution in [2.45, 2.75) is 13.0 Å². The fourth-order valence-corrected chi connectivity index (χ4v) is 2.55. The van der Waals surface area contributed by atoms with Crippen molar-refractivity contribution in [3.05, 3.63) is 60.4 Å². The molecular weight excluding hydrogens is 304 g/mol. The van der Waals surface area contributed by atoms with Gasteiger partial charge in [-0.2, -0.15) is 0 Å². The Morgan fingerprint density at radius 2 is 1.92 bits per heavy atom. The molecule has 0 aliphatic carbocycles. The van der Waals surface area contributed by atoms with Crippen LogP contribution < -0.4 is 15.4 Å². The summed E-state index contributed by atoms with van der Waals surface area (Å²) < 4.78 is 11.0. The molecule has 2 N–H and O–H groups in total. The van der Waals surface area contributed by atoms with Gasteiger partial charge in [0.05, 0.1) is 25.4 Å². The summed E-state index contributed by atoms with van der Waals surface area (Å²) in [5, 5.41) is 7.04. The number of hydrogen-bond acceptors (Lipinski definition) is 4. The van der Waals surface area contributed by atoms with E-state index in [9.17, 15) is 4.79 Å². The highest BCUT2D eigenvalue weighted by Gasteiger charge is 2.14. The van der Waals surface area contributed by atoms with Crippen molar-refractivity contribution in [1.82, 2.24) is 5.32 Å². The number of hydrogen-bond donors (Lipinski definition) is 2. The molecule has 5 nitrogen and oxygen atoms in total. The van der Waals surface area contributed by atoms with E-state index in [2.05, 4.69) is 10.6 Å². The number of carbonyl (C=O) groups excluding carboxylic acids is 1. The summed E-state index contributed by atoms with van der Waals surface area (Å²) in [6.07, 6.45) is 0. The van der Waals surface area contributed by atoms with Crippen molar-refractivity contribution in [2.24, 2.45) is 0 Å². The van der Waals surface area contributed by atoms with Crippen LogP contribution in [0.3, 0.4) is 0 Å². The van der Waals surface area contributed by atoms with Gasteiger partial charge in [-0.15, -0.1) is 0 Å². The number of carbonyl (C=O) groups is 1. The fraction of sp³-hybridized carbons (Fsp3) is 0.211. The Bertz CT molecular complexity index is 808. The molecule has 0 radical (unpaired) electrons. The molecule has 0 unspecified atom stereocenters. The van der Waals surface area contributed by atoms with Crippen LogP contribution in [0.4, 0.5) is 5.69 Å². The number of ether oxygens (including phenoxy) is 1. The van der Waals surface area contributed by atoms with Crippen LogP contribution in [0, 0.1) is 0 Å². The van der Waals surface area contributed by atoms with Crippen LogP contribution in [-0.2, 0) is 4.79 Å². The van der Waals surface area contributed by atoms with Crippen LogP contribution in [0.1, 0.15) is 18.7 Å². The molecule has 3 aromatic rings. The Hall–Kier alpha value is -2.95. The molecule has 1 amide bonds. The summed E-state index contributed by atoms with van der Waals surface area (Å²) in [7, 11) is 1.60. The molecule has 0 saturated carbocycles. The van der Waals surface area contributed by atoms with Gasteiger partial charge in [-0.25, -0.2) is 0 Å². The third-order valence-electron chi connectivity index (χ3n) is 3.80. The molecule has 124 valence electrons. The highest BCUT2D eigenvalue weighted by atomic mass is 16.5. The van der Waals surface area contributed by atoms with Gasteiger partial charge in [0.1, 0.15) is 17.1 Å². The van der Waals surface area contributed by atoms with Gasteiger partial charge in [0.25, 0.3) is 0 Å². The molecule has 24 heavy (non-hydrogen) atoms. The summed E-state index contributed by atoms with van der Waals surface area (Å²) in [4.78, 5) is 12.2. The maximum atomic E-state index is 12.2. The largest absolute Gasteiger partial charge is 0.495 e. The Balaban J connectivity index is 1.60. The van der Waals surface area contributed by atoms with Crippen molar-refractivity contribution in [1.29, 1.82) is 0 Å².